The van der Waals surface area contributed by atoms with Crippen LogP contribution in [0.3, 0.4) is 0 Å². The first-order chi connectivity index (χ1) is 13.4. The zero-order chi connectivity index (χ0) is 19.7. The van der Waals surface area contributed by atoms with Crippen molar-refractivity contribution in [3.8, 4) is 0 Å². The lowest BCUT2D eigenvalue weighted by atomic mass is 9.71. The molecule has 2 aliphatic carbocycles. The van der Waals surface area contributed by atoms with Crippen LogP contribution >= 0.6 is 0 Å². The van der Waals surface area contributed by atoms with Crippen LogP contribution in [-0.2, 0) is 19.2 Å². The number of amides is 2. The number of nitro benzene ring substituents is 1. The van der Waals surface area contributed by atoms with E-state index in [0.29, 0.717) is 17.7 Å². The Hall–Kier alpha value is -3.30. The number of hydrogen-bond acceptors (Lipinski definition) is 7. The number of aliphatic carboxylic acids is 1. The first-order valence-corrected chi connectivity index (χ1v) is 8.94. The summed E-state index contributed by atoms with van der Waals surface area (Å²) in [5, 5.41) is 24.2. The summed E-state index contributed by atoms with van der Waals surface area (Å²) in [5.41, 5.74) is 1.05. The van der Waals surface area contributed by atoms with Crippen molar-refractivity contribution < 1.29 is 29.3 Å². The minimum Gasteiger partial charge on any atom is -0.480 e. The molecule has 0 spiro atoms. The average Bonchev–Trinajstić information content (AvgIpc) is 3.38. The number of benzene rings is 1. The van der Waals surface area contributed by atoms with Crippen LogP contribution in [0.2, 0.25) is 0 Å². The molecule has 5 rings (SSSR count). The van der Waals surface area contributed by atoms with Crippen molar-refractivity contribution in [3.05, 3.63) is 39.9 Å². The summed E-state index contributed by atoms with van der Waals surface area (Å²) in [7, 11) is 0. The summed E-state index contributed by atoms with van der Waals surface area (Å²) in [6, 6.07) is 6.08. The number of carbonyl (C=O) groups is 3. The fourth-order valence-electron chi connectivity index (χ4n) is 5.50. The topological polar surface area (TPSA) is 139 Å². The summed E-state index contributed by atoms with van der Waals surface area (Å²) < 4.78 is 0. The molecule has 1 N–H and O–H groups in total. The lowest BCUT2D eigenvalue weighted by molar-refractivity contribution is -0.384. The molecule has 0 aromatic heterocycles. The maximum Gasteiger partial charge on any atom is 0.323 e. The summed E-state index contributed by atoms with van der Waals surface area (Å²) in [6.45, 7) is -0.633. The van der Waals surface area contributed by atoms with E-state index < -0.39 is 41.1 Å². The van der Waals surface area contributed by atoms with E-state index in [1.54, 1.807) is 12.1 Å². The number of carboxylic acid groups (broad SMARTS) is 1. The normalized spacial score (nSPS) is 34.9. The number of nitro groups is 1. The second-order valence-electron chi connectivity index (χ2n) is 7.65. The van der Waals surface area contributed by atoms with Crippen LogP contribution in [0.1, 0.15) is 12.0 Å². The molecular formula is C18H15N3O7. The number of imide groups is 1. The van der Waals surface area contributed by atoms with Crippen LogP contribution in [0.15, 0.2) is 29.4 Å². The smallest absolute Gasteiger partial charge is 0.323 e. The Morgan fingerprint density at radius 3 is 2.64 bits per heavy atom. The molecule has 6 unspecified atom stereocenters. The molecule has 10 heteroatoms. The fourth-order valence-corrected chi connectivity index (χ4v) is 5.50. The van der Waals surface area contributed by atoms with Gasteiger partial charge in [-0.05, 0) is 12.3 Å². The van der Waals surface area contributed by atoms with E-state index >= 15 is 0 Å². The van der Waals surface area contributed by atoms with Crippen molar-refractivity contribution in [1.82, 2.24) is 4.90 Å². The predicted octanol–water partition coefficient (Wildman–Crippen LogP) is 0.649. The molecule has 2 amide bonds. The zero-order valence-corrected chi connectivity index (χ0v) is 14.4. The van der Waals surface area contributed by atoms with Crippen LogP contribution in [0.4, 0.5) is 5.69 Å². The molecule has 4 aliphatic rings. The van der Waals surface area contributed by atoms with Crippen LogP contribution in [0.5, 0.6) is 0 Å². The highest BCUT2D eigenvalue weighted by molar-refractivity contribution is 6.10. The monoisotopic (exact) mass is 385 g/mol. The zero-order valence-electron chi connectivity index (χ0n) is 14.4. The van der Waals surface area contributed by atoms with Gasteiger partial charge < -0.3 is 9.94 Å². The highest BCUT2D eigenvalue weighted by Gasteiger charge is 2.70. The van der Waals surface area contributed by atoms with Crippen molar-refractivity contribution >= 4 is 29.2 Å². The van der Waals surface area contributed by atoms with Crippen molar-refractivity contribution in [2.24, 2.45) is 34.7 Å². The summed E-state index contributed by atoms with van der Waals surface area (Å²) >= 11 is 0. The van der Waals surface area contributed by atoms with E-state index in [4.69, 9.17) is 9.94 Å². The summed E-state index contributed by atoms with van der Waals surface area (Å²) in [4.78, 5) is 53.5. The molecule has 6 atom stereocenters. The van der Waals surface area contributed by atoms with Crippen LogP contribution in [-0.4, -0.2) is 51.1 Å². The number of fused-ring (bicyclic) bond motifs is 8. The third-order valence-electron chi connectivity index (χ3n) is 6.43. The van der Waals surface area contributed by atoms with Crippen molar-refractivity contribution in [1.29, 1.82) is 0 Å². The quantitative estimate of drug-likeness (QED) is 0.456. The van der Waals surface area contributed by atoms with Gasteiger partial charge >= 0.3 is 5.97 Å². The lowest BCUT2D eigenvalue weighted by Gasteiger charge is -2.29. The van der Waals surface area contributed by atoms with Crippen LogP contribution < -0.4 is 0 Å². The number of non-ortho nitro benzene ring substituents is 1. The molecule has 144 valence electrons. The van der Waals surface area contributed by atoms with Gasteiger partial charge in [0.1, 0.15) is 12.6 Å². The van der Waals surface area contributed by atoms with Crippen molar-refractivity contribution in [2.45, 2.75) is 12.5 Å². The van der Waals surface area contributed by atoms with Gasteiger partial charge in [0.2, 0.25) is 11.8 Å². The summed E-state index contributed by atoms with van der Waals surface area (Å²) in [5.74, 6) is -3.93. The number of likely N-dealkylation sites (tertiary alicyclic amines) is 1. The average molecular weight is 385 g/mol. The third kappa shape index (κ3) is 2.08. The highest BCUT2D eigenvalue weighted by atomic mass is 16.6. The fraction of sp³-hybridized carbons (Fsp3) is 0.444. The molecule has 2 aliphatic heterocycles. The van der Waals surface area contributed by atoms with Gasteiger partial charge in [-0.2, -0.15) is 0 Å². The predicted molar refractivity (Wildman–Crippen MR) is 90.9 cm³/mol. The number of oxime groups is 1. The van der Waals surface area contributed by atoms with Gasteiger partial charge in [-0.1, -0.05) is 17.3 Å². The number of rotatable bonds is 4. The standard InChI is InChI=1S/C18H15N3O7/c22-11(23)6-20-17(24)12-9-5-10(13(12)18(20)25)16-14(9)15(19-28-16)7-2-1-3-8(4-7)21(26)27/h1-4,9-10,12-14,16H,5-6H2,(H,22,23). The Morgan fingerprint density at radius 1 is 1.25 bits per heavy atom. The summed E-state index contributed by atoms with van der Waals surface area (Å²) in [6.07, 6.45) is 0.249. The Balaban J connectivity index is 1.47. The SMILES string of the molecule is O=C(O)CN1C(=O)C2C3CC(C4C(c5cccc([N+](=O)[O-])c5)=NOC34)C2C1=O. The number of nitrogens with zero attached hydrogens (tertiary/aromatic N) is 3. The van der Waals surface area contributed by atoms with Crippen molar-refractivity contribution in [3.63, 3.8) is 0 Å². The van der Waals surface area contributed by atoms with E-state index in [-0.39, 0.29) is 29.5 Å². The molecule has 28 heavy (non-hydrogen) atoms. The molecular weight excluding hydrogens is 370 g/mol. The molecule has 1 aromatic rings. The molecule has 1 aromatic carbocycles. The second-order valence-corrected chi connectivity index (χ2v) is 7.65. The Kier molecular flexibility index (Phi) is 3.37. The third-order valence-corrected chi connectivity index (χ3v) is 6.43. The van der Waals surface area contributed by atoms with Gasteiger partial charge in [0, 0.05) is 29.5 Å². The minimum atomic E-state index is -1.23. The van der Waals surface area contributed by atoms with Gasteiger partial charge in [0.25, 0.3) is 5.69 Å². The van der Waals surface area contributed by atoms with E-state index in [1.807, 2.05) is 0 Å². The Bertz CT molecular complexity index is 974. The number of hydrogen-bond donors (Lipinski definition) is 1. The number of carbonyl (C=O) groups excluding carboxylic acids is 2. The van der Waals surface area contributed by atoms with E-state index in [0.717, 1.165) is 4.90 Å². The largest absolute Gasteiger partial charge is 0.480 e. The maximum absolute atomic E-state index is 12.8. The van der Waals surface area contributed by atoms with E-state index in [2.05, 4.69) is 5.16 Å². The number of carboxylic acids is 1. The minimum absolute atomic E-state index is 0.0653. The van der Waals surface area contributed by atoms with Crippen molar-refractivity contribution in [2.75, 3.05) is 6.54 Å². The molecule has 3 fully saturated rings. The van der Waals surface area contributed by atoms with Crippen LogP contribution in [0.25, 0.3) is 0 Å². The van der Waals surface area contributed by atoms with Crippen LogP contribution in [0, 0.1) is 39.7 Å². The lowest BCUT2D eigenvalue weighted by Crippen LogP contribution is -2.41. The second kappa shape index (κ2) is 5.60. The molecule has 1 saturated heterocycles. The molecule has 10 nitrogen and oxygen atoms in total. The Morgan fingerprint density at radius 2 is 1.96 bits per heavy atom. The van der Waals surface area contributed by atoms with Gasteiger partial charge in [-0.15, -0.1) is 0 Å². The van der Waals surface area contributed by atoms with E-state index in [1.165, 1.54) is 12.1 Å². The van der Waals surface area contributed by atoms with Gasteiger partial charge in [-0.3, -0.25) is 29.4 Å². The first-order valence-electron chi connectivity index (χ1n) is 8.94. The van der Waals surface area contributed by atoms with Gasteiger partial charge in [0.05, 0.1) is 22.5 Å². The maximum atomic E-state index is 12.8. The molecule has 2 saturated carbocycles. The molecule has 0 radical (unpaired) electrons. The Labute approximate surface area is 157 Å². The van der Waals surface area contributed by atoms with Gasteiger partial charge in [0.15, 0.2) is 0 Å². The first kappa shape index (κ1) is 16.8. The molecule has 2 heterocycles. The van der Waals surface area contributed by atoms with E-state index in [9.17, 15) is 24.5 Å². The van der Waals surface area contributed by atoms with Gasteiger partial charge in [-0.25, -0.2) is 0 Å². The molecule has 2 bridgehead atoms. The highest BCUT2D eigenvalue weighted by Crippen LogP contribution is 2.61.